The van der Waals surface area contributed by atoms with Crippen molar-refractivity contribution in [2.75, 3.05) is 32.7 Å². The molecular weight excluding hydrogens is 314 g/mol. The fraction of sp³-hybridized carbons (Fsp3) is 0.882. The summed E-state index contributed by atoms with van der Waals surface area (Å²) in [4.78, 5) is 29.0. The van der Waals surface area contributed by atoms with Gasteiger partial charge in [0.25, 0.3) is 0 Å². The predicted octanol–water partition coefficient (Wildman–Crippen LogP) is 1.90. The number of hydrogen-bond acceptors (Lipinski definition) is 3. The zero-order valence-corrected chi connectivity index (χ0v) is 15.5. The van der Waals surface area contributed by atoms with E-state index in [4.69, 9.17) is 0 Å². The molecular formula is C17H32ClN3O2. The second-order valence-corrected chi connectivity index (χ2v) is 6.93. The number of piperidine rings is 1. The molecule has 1 atom stereocenters. The standard InChI is InChI=1S/C17H31N3O2.ClH/c1-4-9-20(15-5-8-18-12-15)17(22)14-6-10-19(11-7-14)16(21)13(2)3;/h13-15,18H,4-12H2,1-3H3;1H. The quantitative estimate of drug-likeness (QED) is 0.828. The van der Waals surface area contributed by atoms with Gasteiger partial charge in [-0.05, 0) is 32.2 Å². The van der Waals surface area contributed by atoms with E-state index in [9.17, 15) is 9.59 Å². The Balaban J connectivity index is 0.00000264. The van der Waals surface area contributed by atoms with Gasteiger partial charge in [-0.2, -0.15) is 0 Å². The van der Waals surface area contributed by atoms with Crippen LogP contribution in [0.5, 0.6) is 0 Å². The first-order valence-electron chi connectivity index (χ1n) is 8.84. The van der Waals surface area contributed by atoms with Crippen LogP contribution in [0, 0.1) is 11.8 Å². The van der Waals surface area contributed by atoms with Crippen LogP contribution in [0.2, 0.25) is 0 Å². The molecule has 134 valence electrons. The van der Waals surface area contributed by atoms with Crippen molar-refractivity contribution in [1.82, 2.24) is 15.1 Å². The third-order valence-corrected chi connectivity index (χ3v) is 4.87. The lowest BCUT2D eigenvalue weighted by molar-refractivity contribution is -0.143. The van der Waals surface area contributed by atoms with E-state index < -0.39 is 0 Å². The highest BCUT2D eigenvalue weighted by atomic mass is 35.5. The van der Waals surface area contributed by atoms with Gasteiger partial charge in [-0.15, -0.1) is 12.4 Å². The summed E-state index contributed by atoms with van der Waals surface area (Å²) in [6, 6.07) is 0.364. The highest BCUT2D eigenvalue weighted by Gasteiger charge is 2.33. The molecule has 1 unspecified atom stereocenters. The summed E-state index contributed by atoms with van der Waals surface area (Å²) in [7, 11) is 0. The smallest absolute Gasteiger partial charge is 0.226 e. The first-order chi connectivity index (χ1) is 10.5. The lowest BCUT2D eigenvalue weighted by atomic mass is 9.93. The molecule has 6 heteroatoms. The van der Waals surface area contributed by atoms with Crippen LogP contribution in [0.4, 0.5) is 0 Å². The Kier molecular flexibility index (Phi) is 8.34. The number of rotatable bonds is 5. The Morgan fingerprint density at radius 2 is 1.87 bits per heavy atom. The molecule has 0 spiro atoms. The van der Waals surface area contributed by atoms with Gasteiger partial charge in [-0.1, -0.05) is 20.8 Å². The topological polar surface area (TPSA) is 52.7 Å². The zero-order chi connectivity index (χ0) is 16.1. The Bertz CT molecular complexity index is 389. The number of likely N-dealkylation sites (tertiary alicyclic amines) is 1. The van der Waals surface area contributed by atoms with E-state index in [0.29, 0.717) is 11.9 Å². The monoisotopic (exact) mass is 345 g/mol. The molecule has 2 rings (SSSR count). The lowest BCUT2D eigenvalue weighted by Crippen LogP contribution is -2.49. The summed E-state index contributed by atoms with van der Waals surface area (Å²) in [5.41, 5.74) is 0. The van der Waals surface area contributed by atoms with Crippen molar-refractivity contribution in [3.05, 3.63) is 0 Å². The van der Waals surface area contributed by atoms with Gasteiger partial charge in [0.05, 0.1) is 0 Å². The molecule has 2 saturated heterocycles. The fourth-order valence-corrected chi connectivity index (χ4v) is 3.57. The molecule has 0 radical (unpaired) electrons. The van der Waals surface area contributed by atoms with Gasteiger partial charge < -0.3 is 15.1 Å². The van der Waals surface area contributed by atoms with Crippen LogP contribution in [-0.2, 0) is 9.59 Å². The largest absolute Gasteiger partial charge is 0.342 e. The number of carbonyl (C=O) groups excluding carboxylic acids is 2. The first-order valence-corrected chi connectivity index (χ1v) is 8.84. The van der Waals surface area contributed by atoms with Crippen molar-refractivity contribution in [2.45, 2.75) is 52.5 Å². The van der Waals surface area contributed by atoms with Gasteiger partial charge in [0.15, 0.2) is 0 Å². The molecule has 1 N–H and O–H groups in total. The maximum absolute atomic E-state index is 12.9. The minimum atomic E-state index is 0. The van der Waals surface area contributed by atoms with Crippen molar-refractivity contribution >= 4 is 24.2 Å². The molecule has 0 saturated carbocycles. The summed E-state index contributed by atoms with van der Waals surface area (Å²) in [6.45, 7) is 10.3. The molecule has 2 heterocycles. The summed E-state index contributed by atoms with van der Waals surface area (Å²) < 4.78 is 0. The van der Waals surface area contributed by atoms with Crippen LogP contribution in [0.25, 0.3) is 0 Å². The van der Waals surface area contributed by atoms with Crippen molar-refractivity contribution in [1.29, 1.82) is 0 Å². The maximum atomic E-state index is 12.9. The van der Waals surface area contributed by atoms with E-state index in [2.05, 4.69) is 17.1 Å². The van der Waals surface area contributed by atoms with Gasteiger partial charge in [0.2, 0.25) is 11.8 Å². The van der Waals surface area contributed by atoms with Gasteiger partial charge in [-0.3, -0.25) is 9.59 Å². The minimum absolute atomic E-state index is 0. The Morgan fingerprint density at radius 1 is 1.22 bits per heavy atom. The molecule has 23 heavy (non-hydrogen) atoms. The number of halogens is 1. The first kappa shape index (κ1) is 20.2. The lowest BCUT2D eigenvalue weighted by Gasteiger charge is -2.37. The molecule has 0 aromatic heterocycles. The van der Waals surface area contributed by atoms with Crippen molar-refractivity contribution in [3.8, 4) is 0 Å². The van der Waals surface area contributed by atoms with Gasteiger partial charge in [0, 0.05) is 44.1 Å². The second-order valence-electron chi connectivity index (χ2n) is 6.93. The van der Waals surface area contributed by atoms with E-state index in [1.807, 2.05) is 18.7 Å². The van der Waals surface area contributed by atoms with E-state index in [1.54, 1.807) is 0 Å². The second kappa shape index (κ2) is 9.48. The molecule has 2 fully saturated rings. The van der Waals surface area contributed by atoms with Crippen LogP contribution in [0.1, 0.15) is 46.5 Å². The predicted molar refractivity (Wildman–Crippen MR) is 94.7 cm³/mol. The summed E-state index contributed by atoms with van der Waals surface area (Å²) in [5, 5.41) is 3.36. The highest BCUT2D eigenvalue weighted by molar-refractivity contribution is 5.85. The van der Waals surface area contributed by atoms with E-state index in [-0.39, 0.29) is 30.2 Å². The number of hydrogen-bond donors (Lipinski definition) is 1. The molecule has 0 aromatic rings. The molecule has 2 aliphatic rings. The summed E-state index contributed by atoms with van der Waals surface area (Å²) in [6.07, 6.45) is 3.71. The molecule has 2 aliphatic heterocycles. The molecule has 2 amide bonds. The average molecular weight is 346 g/mol. The van der Waals surface area contributed by atoms with E-state index in [0.717, 1.165) is 58.4 Å². The van der Waals surface area contributed by atoms with E-state index >= 15 is 0 Å². The van der Waals surface area contributed by atoms with Crippen molar-refractivity contribution in [3.63, 3.8) is 0 Å². The third kappa shape index (κ3) is 5.08. The normalized spacial score (nSPS) is 22.1. The van der Waals surface area contributed by atoms with Crippen LogP contribution in [0.15, 0.2) is 0 Å². The molecule has 0 aromatic carbocycles. The number of amides is 2. The van der Waals surface area contributed by atoms with Crippen LogP contribution < -0.4 is 5.32 Å². The number of nitrogens with zero attached hydrogens (tertiary/aromatic N) is 2. The minimum Gasteiger partial charge on any atom is -0.342 e. The van der Waals surface area contributed by atoms with E-state index in [1.165, 1.54) is 0 Å². The average Bonchev–Trinajstić information content (AvgIpc) is 3.05. The van der Waals surface area contributed by atoms with Gasteiger partial charge in [0.1, 0.15) is 0 Å². The SMILES string of the molecule is CCCN(C(=O)C1CCN(C(=O)C(C)C)CC1)C1CCNC1.Cl. The van der Waals surface area contributed by atoms with Crippen molar-refractivity contribution < 1.29 is 9.59 Å². The van der Waals surface area contributed by atoms with Gasteiger partial charge in [-0.25, -0.2) is 0 Å². The Hall–Kier alpha value is -0.810. The fourth-order valence-electron chi connectivity index (χ4n) is 3.57. The Labute approximate surface area is 146 Å². The van der Waals surface area contributed by atoms with Gasteiger partial charge >= 0.3 is 0 Å². The van der Waals surface area contributed by atoms with Crippen LogP contribution in [-0.4, -0.2) is 60.4 Å². The summed E-state index contributed by atoms with van der Waals surface area (Å²) in [5.74, 6) is 0.681. The molecule has 5 nitrogen and oxygen atoms in total. The van der Waals surface area contributed by atoms with Crippen LogP contribution >= 0.6 is 12.4 Å². The number of nitrogens with one attached hydrogen (secondary N) is 1. The number of carbonyl (C=O) groups is 2. The Morgan fingerprint density at radius 3 is 2.35 bits per heavy atom. The molecule has 0 bridgehead atoms. The zero-order valence-electron chi connectivity index (χ0n) is 14.7. The van der Waals surface area contributed by atoms with Crippen LogP contribution in [0.3, 0.4) is 0 Å². The molecule has 0 aliphatic carbocycles. The third-order valence-electron chi connectivity index (χ3n) is 4.87. The highest BCUT2D eigenvalue weighted by Crippen LogP contribution is 2.23. The van der Waals surface area contributed by atoms with Crippen molar-refractivity contribution in [2.24, 2.45) is 11.8 Å². The summed E-state index contributed by atoms with van der Waals surface area (Å²) >= 11 is 0. The maximum Gasteiger partial charge on any atom is 0.226 e.